The maximum absolute atomic E-state index is 13.5. The van der Waals surface area contributed by atoms with Crippen LogP contribution in [0.3, 0.4) is 0 Å². The van der Waals surface area contributed by atoms with Gasteiger partial charge in [-0.15, -0.1) is 5.10 Å². The monoisotopic (exact) mass is 325 g/mol. The van der Waals surface area contributed by atoms with Crippen molar-refractivity contribution in [3.8, 4) is 11.4 Å². The van der Waals surface area contributed by atoms with Crippen LogP contribution in [-0.4, -0.2) is 41.4 Å². The Kier molecular flexibility index (Phi) is 3.48. The summed E-state index contributed by atoms with van der Waals surface area (Å²) in [6, 6.07) is 4.90. The minimum atomic E-state index is -0.308. The number of benzene rings is 1. The second-order valence-electron chi connectivity index (χ2n) is 4.35. The van der Waals surface area contributed by atoms with E-state index in [-0.39, 0.29) is 5.82 Å². The van der Waals surface area contributed by atoms with Crippen molar-refractivity contribution in [1.29, 1.82) is 0 Å². The lowest BCUT2D eigenvalue weighted by molar-refractivity contribution is 0.580. The number of rotatable bonds is 2. The van der Waals surface area contributed by atoms with Crippen molar-refractivity contribution in [2.75, 3.05) is 31.1 Å². The number of hydrogen-bond donors (Lipinski definition) is 2. The molecule has 1 saturated heterocycles. The number of aromatic amines is 1. The minimum Gasteiger partial charge on any atom is -0.337 e. The van der Waals surface area contributed by atoms with Gasteiger partial charge in [-0.3, -0.25) is 5.10 Å². The fourth-order valence-corrected chi connectivity index (χ4v) is 2.28. The molecule has 2 aromatic rings. The minimum absolute atomic E-state index is 0.308. The third-order valence-corrected chi connectivity index (χ3v) is 3.71. The molecule has 19 heavy (non-hydrogen) atoms. The predicted octanol–water partition coefficient (Wildman–Crippen LogP) is 1.78. The Morgan fingerprint density at radius 2 is 2.05 bits per heavy atom. The van der Waals surface area contributed by atoms with Crippen LogP contribution in [0, 0.1) is 5.82 Å². The van der Waals surface area contributed by atoms with Crippen molar-refractivity contribution in [3.05, 3.63) is 28.5 Å². The van der Waals surface area contributed by atoms with Gasteiger partial charge in [-0.25, -0.2) is 4.39 Å². The number of H-pyrrole nitrogens is 1. The largest absolute Gasteiger partial charge is 0.337 e. The molecule has 0 atom stereocenters. The first-order valence-corrected chi connectivity index (χ1v) is 6.87. The number of nitrogens with zero attached hydrogens (tertiary/aromatic N) is 3. The smallest absolute Gasteiger partial charge is 0.245 e. The van der Waals surface area contributed by atoms with Crippen molar-refractivity contribution in [2.45, 2.75) is 0 Å². The van der Waals surface area contributed by atoms with Crippen LogP contribution in [0.4, 0.5) is 10.3 Å². The Hall–Kier alpha value is -1.47. The van der Waals surface area contributed by atoms with Gasteiger partial charge in [0, 0.05) is 31.7 Å². The summed E-state index contributed by atoms with van der Waals surface area (Å²) in [6.45, 7) is 3.62. The van der Waals surface area contributed by atoms with Crippen LogP contribution in [0.25, 0.3) is 11.4 Å². The lowest BCUT2D eigenvalue weighted by atomic mass is 10.2. The normalized spacial score (nSPS) is 15.8. The van der Waals surface area contributed by atoms with E-state index in [2.05, 4.69) is 41.3 Å². The molecule has 1 aliphatic heterocycles. The summed E-state index contributed by atoms with van der Waals surface area (Å²) >= 11 is 3.13. The summed E-state index contributed by atoms with van der Waals surface area (Å²) in [6.07, 6.45) is 0. The Bertz CT molecular complexity index is 579. The van der Waals surface area contributed by atoms with Crippen LogP contribution in [-0.2, 0) is 0 Å². The molecule has 0 amide bonds. The SMILES string of the molecule is Fc1cc(-c2nc(N3CCNCC3)n[nH]2)ccc1Br. The predicted molar refractivity (Wildman–Crippen MR) is 74.6 cm³/mol. The van der Waals surface area contributed by atoms with Gasteiger partial charge in [-0.05, 0) is 34.1 Å². The standard InChI is InChI=1S/C12H13BrFN5/c13-9-2-1-8(7-10(9)14)11-16-12(18-17-11)19-5-3-15-4-6-19/h1-2,7,15H,3-6H2,(H,16,17,18). The molecule has 1 aromatic heterocycles. The fraction of sp³-hybridized carbons (Fsp3) is 0.333. The molecular weight excluding hydrogens is 313 g/mol. The molecule has 2 heterocycles. The second-order valence-corrected chi connectivity index (χ2v) is 5.20. The van der Waals surface area contributed by atoms with Crippen molar-refractivity contribution in [3.63, 3.8) is 0 Å². The van der Waals surface area contributed by atoms with Gasteiger partial charge in [-0.2, -0.15) is 4.98 Å². The summed E-state index contributed by atoms with van der Waals surface area (Å²) in [5.41, 5.74) is 0.689. The second kappa shape index (κ2) is 5.26. The molecular formula is C12H13BrFN5. The molecule has 0 saturated carbocycles. The summed E-state index contributed by atoms with van der Waals surface area (Å²) < 4.78 is 13.9. The molecule has 0 aliphatic carbocycles. The summed E-state index contributed by atoms with van der Waals surface area (Å²) in [7, 11) is 0. The van der Waals surface area contributed by atoms with Gasteiger partial charge in [0.2, 0.25) is 5.95 Å². The third-order valence-electron chi connectivity index (χ3n) is 3.07. The van der Waals surface area contributed by atoms with E-state index in [9.17, 15) is 4.39 Å². The molecule has 1 aliphatic rings. The molecule has 1 aromatic carbocycles. The van der Waals surface area contributed by atoms with Crippen molar-refractivity contribution < 1.29 is 4.39 Å². The van der Waals surface area contributed by atoms with E-state index in [1.165, 1.54) is 6.07 Å². The molecule has 1 fully saturated rings. The fourth-order valence-electron chi connectivity index (χ4n) is 2.03. The van der Waals surface area contributed by atoms with Gasteiger partial charge >= 0.3 is 0 Å². The van der Waals surface area contributed by atoms with Crippen LogP contribution < -0.4 is 10.2 Å². The van der Waals surface area contributed by atoms with E-state index >= 15 is 0 Å². The maximum Gasteiger partial charge on any atom is 0.245 e. The highest BCUT2D eigenvalue weighted by Crippen LogP contribution is 2.23. The molecule has 100 valence electrons. The first kappa shape index (κ1) is 12.6. The zero-order valence-corrected chi connectivity index (χ0v) is 11.7. The average Bonchev–Trinajstić information content (AvgIpc) is 2.93. The van der Waals surface area contributed by atoms with E-state index in [0.29, 0.717) is 21.8 Å². The molecule has 0 radical (unpaired) electrons. The van der Waals surface area contributed by atoms with Crippen molar-refractivity contribution in [2.24, 2.45) is 0 Å². The van der Waals surface area contributed by atoms with Crippen LogP contribution >= 0.6 is 15.9 Å². The lowest BCUT2D eigenvalue weighted by Crippen LogP contribution is -2.44. The van der Waals surface area contributed by atoms with Gasteiger partial charge in [-0.1, -0.05) is 0 Å². The van der Waals surface area contributed by atoms with Crippen molar-refractivity contribution >= 4 is 21.9 Å². The lowest BCUT2D eigenvalue weighted by Gasteiger charge is -2.25. The molecule has 7 heteroatoms. The summed E-state index contributed by atoms with van der Waals surface area (Å²) in [5.74, 6) is 0.942. The highest BCUT2D eigenvalue weighted by Gasteiger charge is 2.15. The Morgan fingerprint density at radius 1 is 1.26 bits per heavy atom. The topological polar surface area (TPSA) is 56.8 Å². The highest BCUT2D eigenvalue weighted by atomic mass is 79.9. The maximum atomic E-state index is 13.5. The van der Waals surface area contributed by atoms with E-state index in [4.69, 9.17) is 0 Å². The quantitative estimate of drug-likeness (QED) is 0.883. The average molecular weight is 326 g/mol. The van der Waals surface area contributed by atoms with E-state index in [1.54, 1.807) is 12.1 Å². The number of hydrogen-bond acceptors (Lipinski definition) is 4. The van der Waals surface area contributed by atoms with Crippen LogP contribution in [0.15, 0.2) is 22.7 Å². The van der Waals surface area contributed by atoms with Crippen LogP contribution in [0.5, 0.6) is 0 Å². The van der Waals surface area contributed by atoms with Gasteiger partial charge in [0.1, 0.15) is 5.82 Å². The molecule has 0 bridgehead atoms. The van der Waals surface area contributed by atoms with E-state index in [1.807, 2.05) is 0 Å². The molecule has 0 unspecified atom stereocenters. The zero-order chi connectivity index (χ0) is 13.2. The third kappa shape index (κ3) is 2.62. The van der Waals surface area contributed by atoms with Crippen molar-refractivity contribution in [1.82, 2.24) is 20.5 Å². The highest BCUT2D eigenvalue weighted by molar-refractivity contribution is 9.10. The Balaban J connectivity index is 1.85. The molecule has 5 nitrogen and oxygen atoms in total. The first-order chi connectivity index (χ1) is 9.24. The van der Waals surface area contributed by atoms with Crippen LogP contribution in [0.2, 0.25) is 0 Å². The summed E-state index contributed by atoms with van der Waals surface area (Å²) in [5, 5.41) is 10.3. The number of nitrogens with one attached hydrogen (secondary N) is 2. The number of piperazine rings is 1. The first-order valence-electron chi connectivity index (χ1n) is 6.07. The molecule has 3 rings (SSSR count). The van der Waals surface area contributed by atoms with Gasteiger partial charge in [0.15, 0.2) is 5.82 Å². The Labute approximate surface area is 118 Å². The van der Waals surface area contributed by atoms with Gasteiger partial charge in [0.25, 0.3) is 0 Å². The summed E-state index contributed by atoms with van der Waals surface area (Å²) in [4.78, 5) is 6.53. The molecule has 0 spiro atoms. The van der Waals surface area contributed by atoms with Gasteiger partial charge in [0.05, 0.1) is 4.47 Å². The zero-order valence-electron chi connectivity index (χ0n) is 10.2. The number of halogens is 2. The number of aromatic nitrogens is 3. The van der Waals surface area contributed by atoms with Gasteiger partial charge < -0.3 is 10.2 Å². The Morgan fingerprint density at radius 3 is 2.79 bits per heavy atom. The van der Waals surface area contributed by atoms with E-state index in [0.717, 1.165) is 26.2 Å². The number of anilines is 1. The van der Waals surface area contributed by atoms with Crippen LogP contribution in [0.1, 0.15) is 0 Å². The van der Waals surface area contributed by atoms with E-state index < -0.39 is 0 Å². The molecule has 2 N–H and O–H groups in total.